The molecular weight excluding hydrogens is 322 g/mol. The maximum Gasteiger partial charge on any atom is 0.254 e. The fraction of sp³-hybridized carbons (Fsp3) is 0.368. The van der Waals surface area contributed by atoms with Crippen molar-refractivity contribution in [2.24, 2.45) is 0 Å². The molecule has 0 atom stereocenters. The normalized spacial score (nSPS) is 17.0. The van der Waals surface area contributed by atoms with Crippen LogP contribution in [0.5, 0.6) is 0 Å². The van der Waals surface area contributed by atoms with Crippen molar-refractivity contribution in [2.75, 3.05) is 31.1 Å². The Hall–Kier alpha value is -2.07. The summed E-state index contributed by atoms with van der Waals surface area (Å²) >= 11 is 6.23. The lowest BCUT2D eigenvalue weighted by atomic mass is 10.0. The second kappa shape index (κ2) is 6.44. The van der Waals surface area contributed by atoms with Gasteiger partial charge in [-0.3, -0.25) is 4.79 Å². The van der Waals surface area contributed by atoms with Crippen LogP contribution in [-0.4, -0.2) is 42.0 Å². The third-order valence-electron chi connectivity index (χ3n) is 4.98. The van der Waals surface area contributed by atoms with E-state index in [1.165, 1.54) is 11.1 Å². The monoisotopic (exact) mass is 341 g/mol. The van der Waals surface area contributed by atoms with Crippen LogP contribution in [0.15, 0.2) is 36.5 Å². The lowest BCUT2D eigenvalue weighted by Crippen LogP contribution is -2.49. The van der Waals surface area contributed by atoms with Crippen LogP contribution in [0.1, 0.15) is 27.9 Å². The van der Waals surface area contributed by atoms with Crippen LogP contribution in [0.4, 0.5) is 5.82 Å². The number of fused-ring (bicyclic) bond motifs is 1. The first kappa shape index (κ1) is 15.5. The number of carbonyl (C=O) groups excluding carboxylic acids is 1. The smallest absolute Gasteiger partial charge is 0.254 e. The summed E-state index contributed by atoms with van der Waals surface area (Å²) in [6.45, 7) is 2.93. The van der Waals surface area contributed by atoms with Gasteiger partial charge in [-0.2, -0.15) is 0 Å². The molecule has 24 heavy (non-hydrogen) atoms. The second-order valence-corrected chi connectivity index (χ2v) is 6.79. The second-order valence-electron chi connectivity index (χ2n) is 6.38. The number of nitrogens with zero attached hydrogens (tertiary/aromatic N) is 3. The Morgan fingerprint density at radius 2 is 1.88 bits per heavy atom. The number of halogens is 1. The SMILES string of the molecule is O=C(c1cccc2c1CCC2)N1CCN(c2ncccc2Cl)CC1. The Balaban J connectivity index is 1.48. The first-order valence-electron chi connectivity index (χ1n) is 8.49. The van der Waals surface area contributed by atoms with Gasteiger partial charge in [0, 0.05) is 37.9 Å². The van der Waals surface area contributed by atoms with Crippen molar-refractivity contribution >= 4 is 23.3 Å². The predicted octanol–water partition coefficient (Wildman–Crippen LogP) is 3.19. The van der Waals surface area contributed by atoms with E-state index in [0.717, 1.165) is 43.7 Å². The van der Waals surface area contributed by atoms with E-state index in [1.807, 2.05) is 29.2 Å². The molecule has 1 saturated heterocycles. The van der Waals surface area contributed by atoms with Crippen LogP contribution in [0.3, 0.4) is 0 Å². The number of pyridine rings is 1. The summed E-state index contributed by atoms with van der Waals surface area (Å²) in [6, 6.07) is 9.84. The van der Waals surface area contributed by atoms with Crippen LogP contribution in [0.2, 0.25) is 5.02 Å². The quantitative estimate of drug-likeness (QED) is 0.841. The third-order valence-corrected chi connectivity index (χ3v) is 5.28. The van der Waals surface area contributed by atoms with Crippen LogP contribution < -0.4 is 4.90 Å². The highest BCUT2D eigenvalue weighted by Crippen LogP contribution is 2.27. The summed E-state index contributed by atoms with van der Waals surface area (Å²) in [4.78, 5) is 21.4. The van der Waals surface area contributed by atoms with Gasteiger partial charge >= 0.3 is 0 Å². The molecular formula is C19H20ClN3O. The van der Waals surface area contributed by atoms with E-state index in [9.17, 15) is 4.79 Å². The molecule has 0 radical (unpaired) electrons. The molecule has 0 saturated carbocycles. The molecule has 1 amide bonds. The van der Waals surface area contributed by atoms with Gasteiger partial charge in [-0.1, -0.05) is 23.7 Å². The highest BCUT2D eigenvalue weighted by molar-refractivity contribution is 6.32. The highest BCUT2D eigenvalue weighted by atomic mass is 35.5. The topological polar surface area (TPSA) is 36.4 Å². The van der Waals surface area contributed by atoms with Gasteiger partial charge < -0.3 is 9.80 Å². The van der Waals surface area contributed by atoms with E-state index in [-0.39, 0.29) is 5.91 Å². The van der Waals surface area contributed by atoms with E-state index in [0.29, 0.717) is 18.1 Å². The molecule has 2 aliphatic rings. The molecule has 0 unspecified atom stereocenters. The van der Waals surface area contributed by atoms with Gasteiger partial charge in [0.2, 0.25) is 0 Å². The highest BCUT2D eigenvalue weighted by Gasteiger charge is 2.26. The van der Waals surface area contributed by atoms with Gasteiger partial charge in [0.1, 0.15) is 5.82 Å². The van der Waals surface area contributed by atoms with Crippen molar-refractivity contribution in [3.63, 3.8) is 0 Å². The molecule has 0 spiro atoms. The minimum absolute atomic E-state index is 0.167. The Morgan fingerprint density at radius 3 is 2.67 bits per heavy atom. The van der Waals surface area contributed by atoms with Crippen molar-refractivity contribution in [2.45, 2.75) is 19.3 Å². The molecule has 5 heteroatoms. The maximum atomic E-state index is 12.9. The summed E-state index contributed by atoms with van der Waals surface area (Å²) in [5.41, 5.74) is 3.51. The standard InChI is InChI=1S/C19H20ClN3O/c20-17-8-3-9-21-18(17)22-10-12-23(13-11-22)19(24)16-7-2-5-14-4-1-6-15(14)16/h2-3,5,7-9H,1,4,6,10-13H2. The molecule has 0 N–H and O–H groups in total. The predicted molar refractivity (Wildman–Crippen MR) is 95.8 cm³/mol. The Kier molecular flexibility index (Phi) is 4.15. The number of aromatic nitrogens is 1. The molecule has 4 rings (SSSR count). The van der Waals surface area contributed by atoms with Crippen molar-refractivity contribution in [1.82, 2.24) is 9.88 Å². The lowest BCUT2D eigenvalue weighted by molar-refractivity contribution is 0.0745. The van der Waals surface area contributed by atoms with Gasteiger partial charge in [-0.25, -0.2) is 4.98 Å². The van der Waals surface area contributed by atoms with Gasteiger partial charge in [0.15, 0.2) is 0 Å². The molecule has 2 aromatic rings. The number of benzene rings is 1. The first-order chi connectivity index (χ1) is 11.7. The average molecular weight is 342 g/mol. The van der Waals surface area contributed by atoms with Crippen LogP contribution in [0, 0.1) is 0 Å². The number of carbonyl (C=O) groups is 1. The molecule has 124 valence electrons. The van der Waals surface area contributed by atoms with E-state index in [1.54, 1.807) is 6.20 Å². The number of aryl methyl sites for hydroxylation is 1. The van der Waals surface area contributed by atoms with Gasteiger partial charge in [-0.05, 0) is 48.6 Å². The largest absolute Gasteiger partial charge is 0.352 e. The zero-order chi connectivity index (χ0) is 16.5. The van der Waals surface area contributed by atoms with Crippen molar-refractivity contribution in [1.29, 1.82) is 0 Å². The van der Waals surface area contributed by atoms with E-state index >= 15 is 0 Å². The summed E-state index contributed by atoms with van der Waals surface area (Å²) in [5.74, 6) is 0.979. The van der Waals surface area contributed by atoms with Crippen LogP contribution in [-0.2, 0) is 12.8 Å². The van der Waals surface area contributed by atoms with Gasteiger partial charge in [0.05, 0.1) is 5.02 Å². The summed E-state index contributed by atoms with van der Waals surface area (Å²) < 4.78 is 0. The molecule has 1 aromatic carbocycles. The lowest BCUT2D eigenvalue weighted by Gasteiger charge is -2.36. The number of hydrogen-bond donors (Lipinski definition) is 0. The average Bonchev–Trinajstić information content (AvgIpc) is 3.10. The Morgan fingerprint density at radius 1 is 1.04 bits per heavy atom. The number of anilines is 1. The molecule has 4 nitrogen and oxygen atoms in total. The zero-order valence-electron chi connectivity index (χ0n) is 13.5. The van der Waals surface area contributed by atoms with Crippen LogP contribution >= 0.6 is 11.6 Å². The minimum atomic E-state index is 0.167. The summed E-state index contributed by atoms with van der Waals surface area (Å²) in [5, 5.41) is 0.665. The molecule has 1 aliphatic heterocycles. The summed E-state index contributed by atoms with van der Waals surface area (Å²) in [6.07, 6.45) is 5.04. The Bertz CT molecular complexity index is 769. The minimum Gasteiger partial charge on any atom is -0.352 e. The van der Waals surface area contributed by atoms with Gasteiger partial charge in [-0.15, -0.1) is 0 Å². The maximum absolute atomic E-state index is 12.9. The number of hydrogen-bond acceptors (Lipinski definition) is 3. The fourth-order valence-corrected chi connectivity index (χ4v) is 3.96. The molecule has 1 aromatic heterocycles. The van der Waals surface area contributed by atoms with E-state index in [4.69, 9.17) is 11.6 Å². The molecule has 1 fully saturated rings. The third kappa shape index (κ3) is 2.75. The van der Waals surface area contributed by atoms with Crippen molar-refractivity contribution in [3.8, 4) is 0 Å². The van der Waals surface area contributed by atoms with Crippen molar-refractivity contribution in [3.05, 3.63) is 58.2 Å². The fourth-order valence-electron chi connectivity index (χ4n) is 3.72. The zero-order valence-corrected chi connectivity index (χ0v) is 14.3. The van der Waals surface area contributed by atoms with E-state index < -0.39 is 0 Å². The first-order valence-corrected chi connectivity index (χ1v) is 8.87. The number of piperazine rings is 1. The van der Waals surface area contributed by atoms with E-state index in [2.05, 4.69) is 16.0 Å². The number of rotatable bonds is 2. The Labute approximate surface area is 147 Å². The van der Waals surface area contributed by atoms with Crippen LogP contribution in [0.25, 0.3) is 0 Å². The molecule has 1 aliphatic carbocycles. The molecule has 2 heterocycles. The van der Waals surface area contributed by atoms with Gasteiger partial charge in [0.25, 0.3) is 5.91 Å². The van der Waals surface area contributed by atoms with Crippen molar-refractivity contribution < 1.29 is 4.79 Å². The summed E-state index contributed by atoms with van der Waals surface area (Å²) in [7, 11) is 0. The molecule has 0 bridgehead atoms. The number of amides is 1.